The summed E-state index contributed by atoms with van der Waals surface area (Å²) in [7, 11) is 0. The van der Waals surface area contributed by atoms with E-state index in [1.165, 1.54) is 6.92 Å². The van der Waals surface area contributed by atoms with Crippen LogP contribution >= 0.6 is 0 Å². The van der Waals surface area contributed by atoms with Gasteiger partial charge in [0.1, 0.15) is 0 Å². The Hall–Kier alpha value is -1.89. The summed E-state index contributed by atoms with van der Waals surface area (Å²) in [5.41, 5.74) is -2.04. The van der Waals surface area contributed by atoms with Crippen LogP contribution < -0.4 is 0 Å². The van der Waals surface area contributed by atoms with E-state index in [9.17, 15) is 19.5 Å². The van der Waals surface area contributed by atoms with Crippen LogP contribution in [0.4, 0.5) is 4.79 Å². The van der Waals surface area contributed by atoms with E-state index in [4.69, 9.17) is 14.2 Å². The molecule has 0 radical (unpaired) electrons. The summed E-state index contributed by atoms with van der Waals surface area (Å²) in [6.45, 7) is 11.2. The zero-order valence-electron chi connectivity index (χ0n) is 18.3. The van der Waals surface area contributed by atoms with Crippen molar-refractivity contribution in [3.05, 3.63) is 11.6 Å². The van der Waals surface area contributed by atoms with Gasteiger partial charge in [-0.15, -0.1) is 0 Å². The van der Waals surface area contributed by atoms with E-state index < -0.39 is 53.3 Å². The van der Waals surface area contributed by atoms with E-state index in [0.717, 1.165) is 6.42 Å². The van der Waals surface area contributed by atoms with Gasteiger partial charge in [0, 0.05) is 18.8 Å². The summed E-state index contributed by atoms with van der Waals surface area (Å²) in [6.07, 6.45) is -1.04. The summed E-state index contributed by atoms with van der Waals surface area (Å²) in [6, 6.07) is 0. The maximum atomic E-state index is 14.4. The predicted molar refractivity (Wildman–Crippen MR) is 104 cm³/mol. The topological polar surface area (TPSA) is 99.1 Å². The Kier molecular flexibility index (Phi) is 3.78. The highest BCUT2D eigenvalue weighted by molar-refractivity contribution is 5.95. The Morgan fingerprint density at radius 1 is 1.27 bits per heavy atom. The molecule has 7 nitrogen and oxygen atoms in total. The number of esters is 1. The van der Waals surface area contributed by atoms with Gasteiger partial charge in [-0.3, -0.25) is 9.59 Å². The van der Waals surface area contributed by atoms with E-state index >= 15 is 0 Å². The average Bonchev–Trinajstić information content (AvgIpc) is 2.94. The molecule has 1 N–H and O–H groups in total. The van der Waals surface area contributed by atoms with Crippen molar-refractivity contribution in [2.24, 2.45) is 40.4 Å². The van der Waals surface area contributed by atoms with Crippen LogP contribution in [-0.2, 0) is 23.8 Å². The Labute approximate surface area is 176 Å². The lowest BCUT2D eigenvalue weighted by Crippen LogP contribution is -2.65. The number of hydrogen-bond donors (Lipinski definition) is 1. The fraction of sp³-hybridized carbons (Fsp3) is 0.783. The minimum atomic E-state index is -1.49. The summed E-state index contributed by atoms with van der Waals surface area (Å²) in [5.74, 6) is -1.56. The van der Waals surface area contributed by atoms with Crippen molar-refractivity contribution >= 4 is 17.9 Å². The lowest BCUT2D eigenvalue weighted by Gasteiger charge is -2.47. The van der Waals surface area contributed by atoms with E-state index in [1.807, 2.05) is 13.0 Å². The van der Waals surface area contributed by atoms with E-state index in [0.29, 0.717) is 11.5 Å². The van der Waals surface area contributed by atoms with Crippen LogP contribution in [0.15, 0.2) is 11.6 Å². The van der Waals surface area contributed by atoms with Crippen LogP contribution in [0.2, 0.25) is 0 Å². The van der Waals surface area contributed by atoms with Gasteiger partial charge in [0.25, 0.3) is 0 Å². The third-order valence-electron chi connectivity index (χ3n) is 9.09. The Bertz CT molecular complexity index is 890. The second-order valence-corrected chi connectivity index (χ2v) is 10.8. The Balaban J connectivity index is 1.79. The van der Waals surface area contributed by atoms with Crippen LogP contribution in [0.1, 0.15) is 48.0 Å². The third kappa shape index (κ3) is 1.98. The molecule has 2 spiro atoms. The molecule has 10 atom stereocenters. The molecule has 2 bridgehead atoms. The second-order valence-electron chi connectivity index (χ2n) is 10.8. The third-order valence-corrected chi connectivity index (χ3v) is 9.09. The second kappa shape index (κ2) is 5.67. The zero-order chi connectivity index (χ0) is 22.0. The van der Waals surface area contributed by atoms with Gasteiger partial charge in [-0.05, 0) is 42.1 Å². The number of aliphatic hydroxyl groups excluding tert-OH is 1. The molecule has 3 saturated carbocycles. The molecule has 1 saturated heterocycles. The minimum Gasteiger partial charge on any atom is -0.454 e. The highest BCUT2D eigenvalue weighted by Crippen LogP contribution is 2.73. The number of carbonyl (C=O) groups excluding carboxylic acids is 3. The molecular weight excluding hydrogens is 388 g/mol. The molecule has 4 aliphatic carbocycles. The molecule has 0 aromatic rings. The minimum absolute atomic E-state index is 0.0340. The van der Waals surface area contributed by atoms with Gasteiger partial charge in [0.15, 0.2) is 18.0 Å². The van der Waals surface area contributed by atoms with Crippen molar-refractivity contribution in [1.82, 2.24) is 0 Å². The number of Topliss-reactive ketones (excluding diaryl/α,β-unsaturated/α-hetero) is 1. The van der Waals surface area contributed by atoms with Crippen LogP contribution in [0.25, 0.3) is 0 Å². The highest BCUT2D eigenvalue weighted by atomic mass is 16.8. The molecule has 0 aromatic heterocycles. The van der Waals surface area contributed by atoms with E-state index in [2.05, 4.69) is 13.8 Å². The molecule has 5 aliphatic rings. The largest absolute Gasteiger partial charge is 0.509 e. The summed E-state index contributed by atoms with van der Waals surface area (Å²) >= 11 is 0. The molecule has 0 aromatic carbocycles. The molecule has 0 amide bonds. The average molecular weight is 418 g/mol. The lowest BCUT2D eigenvalue weighted by atomic mass is 9.59. The SMILES string of the molecule is CC(=O)OC1C(C)=C[C@@]23C(=O)C(C4[C@@H](C[C@H]2C)C4(C)C)[C@H](O)[C@H](C)[C@H]2OC(=O)O[C@]123. The van der Waals surface area contributed by atoms with Crippen LogP contribution in [0, 0.1) is 40.4 Å². The molecule has 1 aliphatic heterocycles. The number of ether oxygens (including phenoxy) is 3. The van der Waals surface area contributed by atoms with Crippen molar-refractivity contribution in [2.45, 2.75) is 71.9 Å². The number of rotatable bonds is 1. The van der Waals surface area contributed by atoms with Gasteiger partial charge in [-0.2, -0.15) is 0 Å². The van der Waals surface area contributed by atoms with Crippen LogP contribution in [-0.4, -0.2) is 46.9 Å². The standard InChI is InChI=1S/C23H30O7/c1-9-8-22-10(2)7-13-15(21(13,5)6)14(17(22)26)16(25)11(3)19-23(22,30-20(27)29-19)18(9)28-12(4)24/h8,10-11,13-16,18-19,25H,7H2,1-6H3/t10-,11+,13-,14?,15?,16-,18?,19-,22+,23-/m1/s1. The maximum absolute atomic E-state index is 14.4. The summed E-state index contributed by atoms with van der Waals surface area (Å²) < 4.78 is 17.2. The first-order chi connectivity index (χ1) is 13.9. The first kappa shape index (κ1) is 20.0. The Morgan fingerprint density at radius 3 is 2.57 bits per heavy atom. The number of carbonyl (C=O) groups is 3. The van der Waals surface area contributed by atoms with Crippen molar-refractivity contribution in [2.75, 3.05) is 0 Å². The smallest absolute Gasteiger partial charge is 0.454 e. The zero-order valence-corrected chi connectivity index (χ0v) is 18.3. The maximum Gasteiger partial charge on any atom is 0.509 e. The van der Waals surface area contributed by atoms with Gasteiger partial charge in [0.2, 0.25) is 5.60 Å². The lowest BCUT2D eigenvalue weighted by molar-refractivity contribution is -0.181. The number of hydrogen-bond acceptors (Lipinski definition) is 7. The van der Waals surface area contributed by atoms with Gasteiger partial charge in [0.05, 0.1) is 11.5 Å². The molecule has 5 rings (SSSR count). The van der Waals surface area contributed by atoms with E-state index in [-0.39, 0.29) is 23.0 Å². The van der Waals surface area contributed by atoms with Crippen LogP contribution in [0.5, 0.6) is 0 Å². The van der Waals surface area contributed by atoms with Crippen molar-refractivity contribution < 1.29 is 33.7 Å². The van der Waals surface area contributed by atoms with Gasteiger partial charge < -0.3 is 19.3 Å². The van der Waals surface area contributed by atoms with Gasteiger partial charge in [-0.1, -0.05) is 33.8 Å². The van der Waals surface area contributed by atoms with Gasteiger partial charge >= 0.3 is 12.1 Å². The fourth-order valence-electron chi connectivity index (χ4n) is 7.74. The van der Waals surface area contributed by atoms with Crippen molar-refractivity contribution in [3.8, 4) is 0 Å². The van der Waals surface area contributed by atoms with Crippen molar-refractivity contribution in [3.63, 3.8) is 0 Å². The monoisotopic (exact) mass is 418 g/mol. The molecule has 3 unspecified atom stereocenters. The molecule has 1 heterocycles. The first-order valence-corrected chi connectivity index (χ1v) is 10.9. The highest BCUT2D eigenvalue weighted by Gasteiger charge is 2.83. The molecule has 4 fully saturated rings. The Morgan fingerprint density at radius 2 is 1.93 bits per heavy atom. The molecule has 164 valence electrons. The quantitative estimate of drug-likeness (QED) is 0.516. The van der Waals surface area contributed by atoms with E-state index in [1.54, 1.807) is 13.8 Å². The normalized spacial score (nSPS) is 52.6. The summed E-state index contributed by atoms with van der Waals surface area (Å²) in [4.78, 5) is 38.9. The molecule has 30 heavy (non-hydrogen) atoms. The number of fused-ring (bicyclic) bond motifs is 3. The fourth-order valence-corrected chi connectivity index (χ4v) is 7.74. The first-order valence-electron chi connectivity index (χ1n) is 10.9. The van der Waals surface area contributed by atoms with Gasteiger partial charge in [-0.25, -0.2) is 4.79 Å². The predicted octanol–water partition coefficient (Wildman–Crippen LogP) is 2.65. The molecular formula is C23H30O7. The molecule has 7 heteroatoms. The summed E-state index contributed by atoms with van der Waals surface area (Å²) in [5, 5.41) is 11.4. The van der Waals surface area contributed by atoms with Crippen LogP contribution in [0.3, 0.4) is 0 Å². The number of ketones is 1. The number of aliphatic hydroxyl groups is 1. The van der Waals surface area contributed by atoms with Crippen molar-refractivity contribution in [1.29, 1.82) is 0 Å².